The predicted octanol–water partition coefficient (Wildman–Crippen LogP) is 2.07. The van der Waals surface area contributed by atoms with Crippen molar-refractivity contribution in [1.82, 2.24) is 4.57 Å². The Bertz CT molecular complexity index is 664. The van der Waals surface area contributed by atoms with Crippen molar-refractivity contribution in [2.24, 2.45) is 12.8 Å². The number of anilines is 1. The number of nitrogens with zero attached hydrogens (tertiary/aromatic N) is 1. The average Bonchev–Trinajstić information content (AvgIpc) is 2.70. The molecule has 0 saturated carbocycles. The molecular formula is C14H14BrN3O2. The van der Waals surface area contributed by atoms with E-state index in [1.54, 1.807) is 48.1 Å². The number of aryl methyl sites for hydroxylation is 1. The van der Waals surface area contributed by atoms with Crippen LogP contribution in [0.2, 0.25) is 0 Å². The minimum absolute atomic E-state index is 0.0906. The summed E-state index contributed by atoms with van der Waals surface area (Å²) in [6.07, 6.45) is 1.89. The van der Waals surface area contributed by atoms with Gasteiger partial charge in [-0.3, -0.25) is 9.59 Å². The Balaban J connectivity index is 2.24. The molecule has 0 aliphatic rings. The van der Waals surface area contributed by atoms with Gasteiger partial charge in [0.1, 0.15) is 5.69 Å². The average molecular weight is 336 g/mol. The number of halogens is 1. The van der Waals surface area contributed by atoms with Crippen molar-refractivity contribution in [1.29, 1.82) is 0 Å². The van der Waals surface area contributed by atoms with Crippen molar-refractivity contribution in [2.75, 3.05) is 5.32 Å². The first-order valence-electron chi connectivity index (χ1n) is 5.97. The SMILES string of the molecule is Cn1cc(Br)cc1C(=O)Nc1ccccc1CC(N)=O. The molecular weight excluding hydrogens is 322 g/mol. The van der Waals surface area contributed by atoms with Gasteiger partial charge in [-0.05, 0) is 33.6 Å². The van der Waals surface area contributed by atoms with Crippen LogP contribution >= 0.6 is 15.9 Å². The highest BCUT2D eigenvalue weighted by Gasteiger charge is 2.13. The highest BCUT2D eigenvalue weighted by atomic mass is 79.9. The van der Waals surface area contributed by atoms with Gasteiger partial charge >= 0.3 is 0 Å². The number of rotatable bonds is 4. The normalized spacial score (nSPS) is 10.3. The second-order valence-corrected chi connectivity index (χ2v) is 5.32. The lowest BCUT2D eigenvalue weighted by molar-refractivity contribution is -0.117. The number of nitrogens with one attached hydrogen (secondary N) is 1. The molecule has 2 aromatic rings. The maximum Gasteiger partial charge on any atom is 0.272 e. The summed E-state index contributed by atoms with van der Waals surface area (Å²) in [6.45, 7) is 0. The Morgan fingerprint density at radius 1 is 1.35 bits per heavy atom. The van der Waals surface area contributed by atoms with Crippen LogP contribution < -0.4 is 11.1 Å². The lowest BCUT2D eigenvalue weighted by Crippen LogP contribution is -2.19. The number of benzene rings is 1. The fraction of sp³-hybridized carbons (Fsp3) is 0.143. The van der Waals surface area contributed by atoms with Crippen LogP contribution in [-0.4, -0.2) is 16.4 Å². The number of nitrogens with two attached hydrogens (primary N) is 1. The second-order valence-electron chi connectivity index (χ2n) is 4.41. The molecule has 1 heterocycles. The molecule has 0 fully saturated rings. The molecule has 0 saturated heterocycles. The van der Waals surface area contributed by atoms with Crippen LogP contribution in [0.4, 0.5) is 5.69 Å². The molecule has 0 bridgehead atoms. The number of amides is 2. The summed E-state index contributed by atoms with van der Waals surface area (Å²) in [6, 6.07) is 8.83. The van der Waals surface area contributed by atoms with Gasteiger partial charge < -0.3 is 15.6 Å². The van der Waals surface area contributed by atoms with E-state index >= 15 is 0 Å². The molecule has 2 amide bonds. The molecule has 0 aliphatic heterocycles. The molecule has 1 aromatic heterocycles. The summed E-state index contributed by atoms with van der Waals surface area (Å²) in [7, 11) is 1.79. The van der Waals surface area contributed by atoms with Crippen LogP contribution in [0.25, 0.3) is 0 Å². The summed E-state index contributed by atoms with van der Waals surface area (Å²) in [4.78, 5) is 23.3. The van der Waals surface area contributed by atoms with E-state index in [1.165, 1.54) is 0 Å². The summed E-state index contributed by atoms with van der Waals surface area (Å²) < 4.78 is 2.55. The molecule has 0 aliphatic carbocycles. The third-order valence-corrected chi connectivity index (χ3v) is 3.27. The molecule has 0 radical (unpaired) electrons. The van der Waals surface area contributed by atoms with Gasteiger partial charge in [0.05, 0.1) is 6.42 Å². The largest absolute Gasteiger partial charge is 0.369 e. The molecule has 3 N–H and O–H groups in total. The molecule has 1 aromatic carbocycles. The number of carbonyl (C=O) groups is 2. The number of para-hydroxylation sites is 1. The highest BCUT2D eigenvalue weighted by Crippen LogP contribution is 2.19. The Hall–Kier alpha value is -2.08. The number of primary amides is 1. The van der Waals surface area contributed by atoms with Crippen LogP contribution in [-0.2, 0) is 18.3 Å². The van der Waals surface area contributed by atoms with Crippen molar-refractivity contribution >= 4 is 33.4 Å². The minimum Gasteiger partial charge on any atom is -0.369 e. The maximum absolute atomic E-state index is 12.2. The van der Waals surface area contributed by atoms with Gasteiger partial charge in [-0.2, -0.15) is 0 Å². The second kappa shape index (κ2) is 5.92. The molecule has 2 rings (SSSR count). The van der Waals surface area contributed by atoms with Gasteiger partial charge in [0.15, 0.2) is 0 Å². The van der Waals surface area contributed by atoms with E-state index in [2.05, 4.69) is 21.2 Å². The Morgan fingerprint density at radius 2 is 2.05 bits per heavy atom. The fourth-order valence-electron chi connectivity index (χ4n) is 1.92. The monoisotopic (exact) mass is 335 g/mol. The number of aromatic nitrogens is 1. The Morgan fingerprint density at radius 3 is 2.65 bits per heavy atom. The first kappa shape index (κ1) is 14.3. The molecule has 5 nitrogen and oxygen atoms in total. The van der Waals surface area contributed by atoms with Gasteiger partial charge in [0, 0.05) is 23.4 Å². The van der Waals surface area contributed by atoms with Crippen LogP contribution in [0, 0.1) is 0 Å². The maximum atomic E-state index is 12.2. The van der Waals surface area contributed by atoms with E-state index in [0.29, 0.717) is 16.9 Å². The minimum atomic E-state index is -0.437. The van der Waals surface area contributed by atoms with Gasteiger partial charge in [0.25, 0.3) is 5.91 Å². The van der Waals surface area contributed by atoms with E-state index in [4.69, 9.17) is 5.73 Å². The molecule has 20 heavy (non-hydrogen) atoms. The quantitative estimate of drug-likeness (QED) is 0.897. The summed E-state index contributed by atoms with van der Waals surface area (Å²) in [5.74, 6) is -0.677. The van der Waals surface area contributed by atoms with E-state index in [9.17, 15) is 9.59 Å². The lowest BCUT2D eigenvalue weighted by Gasteiger charge is -2.10. The molecule has 0 spiro atoms. The third kappa shape index (κ3) is 3.27. The fourth-order valence-corrected chi connectivity index (χ4v) is 2.44. The smallest absolute Gasteiger partial charge is 0.272 e. The highest BCUT2D eigenvalue weighted by molar-refractivity contribution is 9.10. The van der Waals surface area contributed by atoms with Crippen molar-refractivity contribution in [3.63, 3.8) is 0 Å². The van der Waals surface area contributed by atoms with Crippen LogP contribution in [0.15, 0.2) is 41.0 Å². The standard InChI is InChI=1S/C14H14BrN3O2/c1-18-8-10(15)7-12(18)14(20)17-11-5-3-2-4-9(11)6-13(16)19/h2-5,7-8H,6H2,1H3,(H2,16,19)(H,17,20). The Kier molecular flexibility index (Phi) is 4.24. The van der Waals surface area contributed by atoms with E-state index in [1.807, 2.05) is 0 Å². The first-order valence-corrected chi connectivity index (χ1v) is 6.76. The number of hydrogen-bond acceptors (Lipinski definition) is 2. The summed E-state index contributed by atoms with van der Waals surface area (Å²) in [5.41, 5.74) is 7.01. The topological polar surface area (TPSA) is 77.1 Å². The molecule has 6 heteroatoms. The first-order chi connectivity index (χ1) is 9.47. The zero-order chi connectivity index (χ0) is 14.7. The number of hydrogen-bond donors (Lipinski definition) is 2. The van der Waals surface area contributed by atoms with Crippen LogP contribution in [0.3, 0.4) is 0 Å². The number of carbonyl (C=O) groups excluding carboxylic acids is 2. The molecule has 104 valence electrons. The lowest BCUT2D eigenvalue weighted by atomic mass is 10.1. The van der Waals surface area contributed by atoms with Gasteiger partial charge in [-0.25, -0.2) is 0 Å². The zero-order valence-corrected chi connectivity index (χ0v) is 12.5. The third-order valence-electron chi connectivity index (χ3n) is 2.83. The Labute approximate surface area is 124 Å². The molecule has 0 unspecified atom stereocenters. The van der Waals surface area contributed by atoms with E-state index < -0.39 is 5.91 Å². The van der Waals surface area contributed by atoms with Crippen LogP contribution in [0.5, 0.6) is 0 Å². The van der Waals surface area contributed by atoms with Crippen LogP contribution in [0.1, 0.15) is 16.1 Å². The van der Waals surface area contributed by atoms with Gasteiger partial charge in [-0.1, -0.05) is 18.2 Å². The predicted molar refractivity (Wildman–Crippen MR) is 80.4 cm³/mol. The van der Waals surface area contributed by atoms with Crippen molar-refractivity contribution in [3.05, 3.63) is 52.3 Å². The summed E-state index contributed by atoms with van der Waals surface area (Å²) >= 11 is 3.32. The molecule has 0 atom stereocenters. The zero-order valence-electron chi connectivity index (χ0n) is 10.9. The van der Waals surface area contributed by atoms with Gasteiger partial charge in [-0.15, -0.1) is 0 Å². The van der Waals surface area contributed by atoms with Crippen molar-refractivity contribution in [2.45, 2.75) is 6.42 Å². The van der Waals surface area contributed by atoms with Crippen molar-refractivity contribution in [3.8, 4) is 0 Å². The van der Waals surface area contributed by atoms with Crippen molar-refractivity contribution < 1.29 is 9.59 Å². The summed E-state index contributed by atoms with van der Waals surface area (Å²) in [5, 5.41) is 2.80. The van der Waals surface area contributed by atoms with E-state index in [0.717, 1.165) is 4.47 Å². The van der Waals surface area contributed by atoms with E-state index in [-0.39, 0.29) is 12.3 Å². The van der Waals surface area contributed by atoms with Gasteiger partial charge in [0.2, 0.25) is 5.91 Å².